The summed E-state index contributed by atoms with van der Waals surface area (Å²) >= 11 is 0. The van der Waals surface area contributed by atoms with Crippen molar-refractivity contribution in [3.8, 4) is 0 Å². The van der Waals surface area contributed by atoms with Crippen LogP contribution in [0.25, 0.3) is 0 Å². The zero-order valence-electron chi connectivity index (χ0n) is 9.87. The van der Waals surface area contributed by atoms with Crippen molar-refractivity contribution in [3.05, 3.63) is 0 Å². The van der Waals surface area contributed by atoms with E-state index in [0.717, 1.165) is 6.26 Å². The molecule has 0 aliphatic rings. The molecular weight excluding hydrogens is 248 g/mol. The smallest absolute Gasteiger partial charge is 0.314 e. The highest BCUT2D eigenvalue weighted by Gasteiger charge is 2.04. The van der Waals surface area contributed by atoms with E-state index in [-0.39, 0.29) is 24.9 Å². The molecule has 0 aromatic carbocycles. The molecule has 0 spiro atoms. The van der Waals surface area contributed by atoms with Gasteiger partial charge in [0.1, 0.15) is 0 Å². The van der Waals surface area contributed by atoms with Gasteiger partial charge in [-0.2, -0.15) is 0 Å². The topological polar surface area (TPSA) is 116 Å². The zero-order chi connectivity index (χ0) is 13.3. The van der Waals surface area contributed by atoms with Gasteiger partial charge in [-0.3, -0.25) is 4.79 Å². The number of carbonyl (C=O) groups is 2. The second-order valence-corrected chi connectivity index (χ2v) is 5.11. The summed E-state index contributed by atoms with van der Waals surface area (Å²) in [7, 11) is -1.76. The molecule has 0 atom stereocenters. The first-order valence-electron chi connectivity index (χ1n) is 5.02. The summed E-state index contributed by atoms with van der Waals surface area (Å²) in [5, 5.41) is 7.39. The SMILES string of the molecule is CNC(=O)NCCNC(=O)CCNS(C)(=O)=O. The first kappa shape index (κ1) is 15.7. The summed E-state index contributed by atoms with van der Waals surface area (Å²) in [6, 6.07) is -0.321. The molecule has 100 valence electrons. The maximum atomic E-state index is 11.2. The van der Waals surface area contributed by atoms with Gasteiger partial charge in [-0.15, -0.1) is 0 Å². The fourth-order valence-corrected chi connectivity index (χ4v) is 1.38. The van der Waals surface area contributed by atoms with Crippen LogP contribution in [0.2, 0.25) is 0 Å². The molecular formula is C8H18N4O4S. The maximum Gasteiger partial charge on any atom is 0.314 e. The van der Waals surface area contributed by atoms with Crippen LogP contribution in [0, 0.1) is 0 Å². The third-order valence-corrected chi connectivity index (χ3v) is 2.40. The van der Waals surface area contributed by atoms with E-state index >= 15 is 0 Å². The van der Waals surface area contributed by atoms with E-state index in [1.807, 2.05) is 0 Å². The normalized spacial score (nSPS) is 10.7. The van der Waals surface area contributed by atoms with Gasteiger partial charge in [0.2, 0.25) is 15.9 Å². The molecule has 4 N–H and O–H groups in total. The van der Waals surface area contributed by atoms with Crippen LogP contribution in [0.5, 0.6) is 0 Å². The fourth-order valence-electron chi connectivity index (χ4n) is 0.905. The molecule has 0 aliphatic carbocycles. The van der Waals surface area contributed by atoms with E-state index in [1.54, 1.807) is 0 Å². The van der Waals surface area contributed by atoms with Crippen LogP contribution in [-0.2, 0) is 14.8 Å². The molecule has 0 fully saturated rings. The third kappa shape index (κ3) is 10.9. The lowest BCUT2D eigenvalue weighted by molar-refractivity contribution is -0.120. The molecule has 0 rings (SSSR count). The molecule has 8 nitrogen and oxygen atoms in total. The molecule has 0 aromatic rings. The summed E-state index contributed by atoms with van der Waals surface area (Å²) in [5.41, 5.74) is 0. The average molecular weight is 266 g/mol. The lowest BCUT2D eigenvalue weighted by Crippen LogP contribution is -2.39. The Hall–Kier alpha value is -1.35. The number of sulfonamides is 1. The summed E-state index contributed by atoms with van der Waals surface area (Å²) in [5.74, 6) is -0.278. The first-order chi connectivity index (χ1) is 7.85. The standard InChI is InChI=1S/C8H18N4O4S/c1-9-8(14)11-6-5-10-7(13)3-4-12-17(2,15)16/h12H,3-6H2,1-2H3,(H,10,13)(H2,9,11,14). The first-order valence-corrected chi connectivity index (χ1v) is 6.91. The van der Waals surface area contributed by atoms with Gasteiger partial charge in [0, 0.05) is 33.1 Å². The molecule has 0 unspecified atom stereocenters. The maximum absolute atomic E-state index is 11.2. The van der Waals surface area contributed by atoms with Gasteiger partial charge in [0.05, 0.1) is 6.26 Å². The van der Waals surface area contributed by atoms with Crippen LogP contribution >= 0.6 is 0 Å². The minimum absolute atomic E-state index is 0.0625. The van der Waals surface area contributed by atoms with Crippen molar-refractivity contribution in [2.45, 2.75) is 6.42 Å². The summed E-state index contributed by atoms with van der Waals surface area (Å²) in [6.07, 6.45) is 1.09. The van der Waals surface area contributed by atoms with Crippen molar-refractivity contribution < 1.29 is 18.0 Å². The monoisotopic (exact) mass is 266 g/mol. The molecule has 0 bridgehead atoms. The number of carbonyl (C=O) groups excluding carboxylic acids is 2. The Balaban J connectivity index is 3.51. The third-order valence-electron chi connectivity index (χ3n) is 1.68. The number of rotatable bonds is 7. The molecule has 0 saturated carbocycles. The highest BCUT2D eigenvalue weighted by atomic mass is 32.2. The predicted molar refractivity (Wildman–Crippen MR) is 62.9 cm³/mol. The van der Waals surface area contributed by atoms with E-state index in [4.69, 9.17) is 0 Å². The van der Waals surface area contributed by atoms with E-state index in [1.165, 1.54) is 7.05 Å². The van der Waals surface area contributed by atoms with Crippen LogP contribution in [-0.4, -0.2) is 53.3 Å². The Kier molecular flexibility index (Phi) is 7.22. The Morgan fingerprint density at radius 3 is 2.18 bits per heavy atom. The number of amides is 3. The molecule has 0 saturated heterocycles. The molecule has 0 aliphatic heterocycles. The second kappa shape index (κ2) is 7.85. The second-order valence-electron chi connectivity index (χ2n) is 3.27. The quantitative estimate of drug-likeness (QED) is 0.398. The predicted octanol–water partition coefficient (Wildman–Crippen LogP) is -2.03. The zero-order valence-corrected chi connectivity index (χ0v) is 10.7. The highest BCUT2D eigenvalue weighted by molar-refractivity contribution is 7.88. The van der Waals surface area contributed by atoms with Gasteiger partial charge in [-0.1, -0.05) is 0 Å². The van der Waals surface area contributed by atoms with E-state index in [9.17, 15) is 18.0 Å². The number of hydrogen-bond acceptors (Lipinski definition) is 4. The summed E-state index contributed by atoms with van der Waals surface area (Å²) in [6.45, 7) is 0.670. The van der Waals surface area contributed by atoms with Crippen LogP contribution in [0.3, 0.4) is 0 Å². The Morgan fingerprint density at radius 1 is 1.06 bits per heavy atom. The lowest BCUT2D eigenvalue weighted by Gasteiger charge is -2.06. The average Bonchev–Trinajstić information content (AvgIpc) is 2.22. The van der Waals surface area contributed by atoms with Crippen LogP contribution in [0.15, 0.2) is 0 Å². The minimum atomic E-state index is -3.25. The van der Waals surface area contributed by atoms with Gasteiger partial charge in [-0.05, 0) is 0 Å². The van der Waals surface area contributed by atoms with Gasteiger partial charge < -0.3 is 16.0 Å². The molecule has 9 heteroatoms. The molecule has 0 aromatic heterocycles. The fraction of sp³-hybridized carbons (Fsp3) is 0.750. The Morgan fingerprint density at radius 2 is 1.65 bits per heavy atom. The number of urea groups is 1. The molecule has 0 radical (unpaired) electrons. The van der Waals surface area contributed by atoms with Gasteiger partial charge >= 0.3 is 6.03 Å². The van der Waals surface area contributed by atoms with Gasteiger partial charge in [0.15, 0.2) is 0 Å². The highest BCUT2D eigenvalue weighted by Crippen LogP contribution is 1.80. The van der Waals surface area contributed by atoms with Gasteiger partial charge in [-0.25, -0.2) is 17.9 Å². The van der Waals surface area contributed by atoms with Crippen molar-refractivity contribution >= 4 is 22.0 Å². The number of hydrogen-bond donors (Lipinski definition) is 4. The number of nitrogens with one attached hydrogen (secondary N) is 4. The van der Waals surface area contributed by atoms with Crippen molar-refractivity contribution in [2.75, 3.05) is 32.9 Å². The van der Waals surface area contributed by atoms with E-state index < -0.39 is 10.0 Å². The summed E-state index contributed by atoms with van der Waals surface area (Å²) < 4.78 is 23.6. The lowest BCUT2D eigenvalue weighted by atomic mass is 10.4. The Labute approximate surface area is 101 Å². The minimum Gasteiger partial charge on any atom is -0.354 e. The van der Waals surface area contributed by atoms with Crippen molar-refractivity contribution in [2.24, 2.45) is 0 Å². The molecule has 0 heterocycles. The molecule has 17 heavy (non-hydrogen) atoms. The van der Waals surface area contributed by atoms with Crippen molar-refractivity contribution in [1.82, 2.24) is 20.7 Å². The van der Waals surface area contributed by atoms with Gasteiger partial charge in [0.25, 0.3) is 0 Å². The van der Waals surface area contributed by atoms with E-state index in [0.29, 0.717) is 13.1 Å². The largest absolute Gasteiger partial charge is 0.354 e. The van der Waals surface area contributed by atoms with Crippen LogP contribution in [0.4, 0.5) is 4.79 Å². The van der Waals surface area contributed by atoms with Crippen LogP contribution in [0.1, 0.15) is 6.42 Å². The van der Waals surface area contributed by atoms with Crippen molar-refractivity contribution in [3.63, 3.8) is 0 Å². The van der Waals surface area contributed by atoms with Crippen LogP contribution < -0.4 is 20.7 Å². The van der Waals surface area contributed by atoms with E-state index in [2.05, 4.69) is 20.7 Å². The van der Waals surface area contributed by atoms with Crippen molar-refractivity contribution in [1.29, 1.82) is 0 Å². The Bertz CT molecular complexity index is 355. The molecule has 3 amide bonds. The summed E-state index contributed by atoms with van der Waals surface area (Å²) in [4.78, 5) is 21.9.